The summed E-state index contributed by atoms with van der Waals surface area (Å²) in [6.07, 6.45) is 0. The first-order valence-electron chi connectivity index (χ1n) is 4.35. The van der Waals surface area contributed by atoms with Crippen LogP contribution in [-0.4, -0.2) is 4.98 Å². The summed E-state index contributed by atoms with van der Waals surface area (Å²) in [5.41, 5.74) is 7.78. The largest absolute Gasteiger partial charge is 0.321 e. The van der Waals surface area contributed by atoms with Gasteiger partial charge in [-0.2, -0.15) is 11.3 Å². The fraction of sp³-hybridized carbons (Fsp3) is 0.300. The molecule has 0 aliphatic carbocycles. The smallest absolute Gasteiger partial charge is 0.124 e. The molecule has 0 spiro atoms. The van der Waals surface area contributed by atoms with E-state index in [0.717, 1.165) is 10.7 Å². The highest BCUT2D eigenvalue weighted by atomic mass is 32.1. The number of aromatic nitrogens is 1. The van der Waals surface area contributed by atoms with Crippen LogP contribution in [0.3, 0.4) is 0 Å². The Morgan fingerprint density at radius 1 is 1.36 bits per heavy atom. The maximum Gasteiger partial charge on any atom is 0.124 e. The molecule has 0 saturated heterocycles. The molecule has 74 valence electrons. The minimum absolute atomic E-state index is 0.342. The molecule has 0 unspecified atom stereocenters. The number of rotatable bonds is 2. The number of hydrogen-bond acceptors (Lipinski definition) is 4. The summed E-state index contributed by atoms with van der Waals surface area (Å²) in [5, 5.41) is 7.25. The second-order valence-electron chi connectivity index (χ2n) is 3.77. The molecule has 0 radical (unpaired) electrons. The second kappa shape index (κ2) is 3.46. The molecular formula is C10H12N2S2. The summed E-state index contributed by atoms with van der Waals surface area (Å²) in [6, 6.07) is 2.08. The first-order chi connectivity index (χ1) is 6.57. The zero-order chi connectivity index (χ0) is 10.2. The first-order valence-corrected chi connectivity index (χ1v) is 6.17. The molecule has 0 bridgehead atoms. The van der Waals surface area contributed by atoms with E-state index in [0.29, 0.717) is 0 Å². The van der Waals surface area contributed by atoms with Crippen LogP contribution >= 0.6 is 22.7 Å². The van der Waals surface area contributed by atoms with E-state index >= 15 is 0 Å². The molecular weight excluding hydrogens is 212 g/mol. The van der Waals surface area contributed by atoms with Gasteiger partial charge in [0.25, 0.3) is 0 Å². The number of nitrogens with two attached hydrogens (primary N) is 1. The van der Waals surface area contributed by atoms with Crippen LogP contribution in [-0.2, 0) is 5.54 Å². The Kier molecular flexibility index (Phi) is 2.43. The highest BCUT2D eigenvalue weighted by Gasteiger charge is 2.18. The van der Waals surface area contributed by atoms with E-state index < -0.39 is 0 Å². The zero-order valence-electron chi connectivity index (χ0n) is 8.15. The lowest BCUT2D eigenvalue weighted by molar-refractivity contribution is 0.539. The third kappa shape index (κ3) is 1.87. The molecule has 4 heteroatoms. The average molecular weight is 224 g/mol. The summed E-state index contributed by atoms with van der Waals surface area (Å²) in [7, 11) is 0. The Hall–Kier alpha value is -0.710. The maximum atomic E-state index is 5.97. The molecule has 0 saturated carbocycles. The van der Waals surface area contributed by atoms with E-state index in [1.54, 1.807) is 22.7 Å². The Balaban J connectivity index is 2.36. The summed E-state index contributed by atoms with van der Waals surface area (Å²) in [6.45, 7) is 3.94. The van der Waals surface area contributed by atoms with Gasteiger partial charge in [-0.15, -0.1) is 11.3 Å². The fourth-order valence-electron chi connectivity index (χ4n) is 1.09. The van der Waals surface area contributed by atoms with Gasteiger partial charge in [0.1, 0.15) is 5.01 Å². The molecule has 2 aromatic rings. The summed E-state index contributed by atoms with van der Waals surface area (Å²) < 4.78 is 0. The van der Waals surface area contributed by atoms with E-state index in [1.807, 2.05) is 19.2 Å². The summed E-state index contributed by atoms with van der Waals surface area (Å²) >= 11 is 3.34. The SMILES string of the molecule is CC(C)(N)c1csc(-c2ccsc2)n1. The molecule has 2 rings (SSSR count). The molecule has 0 aromatic carbocycles. The standard InChI is InChI=1S/C10H12N2S2/c1-10(2,11)8-6-14-9(12-8)7-3-4-13-5-7/h3-6H,11H2,1-2H3. The lowest BCUT2D eigenvalue weighted by Gasteiger charge is -2.14. The van der Waals surface area contributed by atoms with Crippen LogP contribution < -0.4 is 5.73 Å². The van der Waals surface area contributed by atoms with Crippen molar-refractivity contribution in [1.29, 1.82) is 0 Å². The zero-order valence-corrected chi connectivity index (χ0v) is 9.78. The van der Waals surface area contributed by atoms with Crippen molar-refractivity contribution in [2.45, 2.75) is 19.4 Å². The number of hydrogen-bond donors (Lipinski definition) is 1. The quantitative estimate of drug-likeness (QED) is 0.851. The van der Waals surface area contributed by atoms with Gasteiger partial charge in [0.2, 0.25) is 0 Å². The van der Waals surface area contributed by atoms with Crippen molar-refractivity contribution in [3.63, 3.8) is 0 Å². The molecule has 0 fully saturated rings. The van der Waals surface area contributed by atoms with E-state index in [2.05, 4.69) is 21.8 Å². The van der Waals surface area contributed by atoms with Crippen molar-refractivity contribution < 1.29 is 0 Å². The van der Waals surface area contributed by atoms with Gasteiger partial charge in [-0.25, -0.2) is 4.98 Å². The molecule has 14 heavy (non-hydrogen) atoms. The number of thiophene rings is 1. The number of nitrogens with zero attached hydrogens (tertiary/aromatic N) is 1. The van der Waals surface area contributed by atoms with E-state index in [9.17, 15) is 0 Å². The van der Waals surface area contributed by atoms with Gasteiger partial charge in [0.05, 0.1) is 11.2 Å². The lowest BCUT2D eigenvalue weighted by atomic mass is 10.0. The highest BCUT2D eigenvalue weighted by molar-refractivity contribution is 7.14. The van der Waals surface area contributed by atoms with E-state index in [-0.39, 0.29) is 5.54 Å². The average Bonchev–Trinajstić information content (AvgIpc) is 2.73. The van der Waals surface area contributed by atoms with Crippen molar-refractivity contribution in [2.24, 2.45) is 5.73 Å². The van der Waals surface area contributed by atoms with Crippen LogP contribution in [0.1, 0.15) is 19.5 Å². The van der Waals surface area contributed by atoms with Gasteiger partial charge < -0.3 is 5.73 Å². The maximum absolute atomic E-state index is 5.97. The molecule has 0 aliphatic rings. The Labute approximate surface area is 91.4 Å². The molecule has 2 aromatic heterocycles. The molecule has 0 amide bonds. The van der Waals surface area contributed by atoms with Crippen molar-refractivity contribution in [3.05, 3.63) is 27.9 Å². The van der Waals surface area contributed by atoms with Crippen LogP contribution in [0, 0.1) is 0 Å². The van der Waals surface area contributed by atoms with Crippen LogP contribution in [0.2, 0.25) is 0 Å². The minimum atomic E-state index is -0.342. The third-order valence-electron chi connectivity index (χ3n) is 1.93. The molecule has 2 N–H and O–H groups in total. The monoisotopic (exact) mass is 224 g/mol. The summed E-state index contributed by atoms with van der Waals surface area (Å²) in [5.74, 6) is 0. The highest BCUT2D eigenvalue weighted by Crippen LogP contribution is 2.28. The topological polar surface area (TPSA) is 38.9 Å². The van der Waals surface area contributed by atoms with Gasteiger partial charge >= 0.3 is 0 Å². The van der Waals surface area contributed by atoms with Crippen LogP contribution in [0.4, 0.5) is 0 Å². The molecule has 0 aliphatic heterocycles. The van der Waals surface area contributed by atoms with Crippen molar-refractivity contribution in [3.8, 4) is 10.6 Å². The predicted octanol–water partition coefficient (Wildman–Crippen LogP) is 3.07. The predicted molar refractivity (Wildman–Crippen MR) is 62.6 cm³/mol. The van der Waals surface area contributed by atoms with Gasteiger partial charge in [-0.05, 0) is 25.3 Å². The Morgan fingerprint density at radius 3 is 2.64 bits per heavy atom. The molecule has 0 atom stereocenters. The lowest BCUT2D eigenvalue weighted by Crippen LogP contribution is -2.28. The Bertz CT molecular complexity index is 410. The van der Waals surface area contributed by atoms with Gasteiger partial charge in [0, 0.05) is 16.3 Å². The summed E-state index contributed by atoms with van der Waals surface area (Å²) in [4.78, 5) is 4.52. The fourth-order valence-corrected chi connectivity index (χ4v) is 2.80. The second-order valence-corrected chi connectivity index (χ2v) is 5.41. The van der Waals surface area contributed by atoms with E-state index in [1.165, 1.54) is 5.56 Å². The van der Waals surface area contributed by atoms with Crippen molar-refractivity contribution in [1.82, 2.24) is 4.98 Å². The van der Waals surface area contributed by atoms with E-state index in [4.69, 9.17) is 5.73 Å². The van der Waals surface area contributed by atoms with Crippen molar-refractivity contribution in [2.75, 3.05) is 0 Å². The van der Waals surface area contributed by atoms with Crippen LogP contribution in [0.25, 0.3) is 10.6 Å². The van der Waals surface area contributed by atoms with Crippen LogP contribution in [0.5, 0.6) is 0 Å². The minimum Gasteiger partial charge on any atom is -0.321 e. The van der Waals surface area contributed by atoms with Gasteiger partial charge in [-0.3, -0.25) is 0 Å². The van der Waals surface area contributed by atoms with Crippen LogP contribution in [0.15, 0.2) is 22.2 Å². The van der Waals surface area contributed by atoms with Gasteiger partial charge in [-0.1, -0.05) is 0 Å². The van der Waals surface area contributed by atoms with Gasteiger partial charge in [0.15, 0.2) is 0 Å². The molecule has 2 nitrogen and oxygen atoms in total. The first kappa shape index (κ1) is 9.83. The third-order valence-corrected chi connectivity index (χ3v) is 3.51. The van der Waals surface area contributed by atoms with Crippen molar-refractivity contribution >= 4 is 22.7 Å². The molecule has 2 heterocycles. The number of thiazole rings is 1. The normalized spacial score (nSPS) is 11.9. The Morgan fingerprint density at radius 2 is 2.14 bits per heavy atom.